The Morgan fingerprint density at radius 3 is 2.71 bits per heavy atom. The number of rotatable bonds is 5. The van der Waals surface area contributed by atoms with Crippen LogP contribution >= 0.6 is 23.8 Å². The molecule has 9 heteroatoms. The summed E-state index contributed by atoms with van der Waals surface area (Å²) in [5, 5.41) is 3.86. The smallest absolute Gasteiger partial charge is 0.241 e. The maximum atomic E-state index is 12.1. The molecular weight excluding hydrogens is 334 g/mol. The SMILES string of the molecule is Cc1cc(CNS(=O)(=O)c2ccc(C(N)=S)c(Cl)c2)on1. The van der Waals surface area contributed by atoms with E-state index in [0.717, 1.165) is 0 Å². The third kappa shape index (κ3) is 3.79. The maximum absolute atomic E-state index is 12.1. The number of sulfonamides is 1. The van der Waals surface area contributed by atoms with Crippen LogP contribution in [0.3, 0.4) is 0 Å². The highest BCUT2D eigenvalue weighted by molar-refractivity contribution is 7.89. The summed E-state index contributed by atoms with van der Waals surface area (Å²) in [5.74, 6) is 0.418. The minimum atomic E-state index is -3.72. The molecule has 1 aromatic carbocycles. The fourth-order valence-electron chi connectivity index (χ4n) is 1.61. The average molecular weight is 346 g/mol. The molecule has 0 aliphatic rings. The van der Waals surface area contributed by atoms with E-state index in [1.54, 1.807) is 13.0 Å². The quantitative estimate of drug-likeness (QED) is 0.801. The molecule has 0 fully saturated rings. The number of hydrogen-bond donors (Lipinski definition) is 2. The Bertz CT molecular complexity index is 787. The first-order valence-electron chi connectivity index (χ1n) is 5.81. The van der Waals surface area contributed by atoms with Crippen LogP contribution in [0.25, 0.3) is 0 Å². The third-order valence-corrected chi connectivity index (χ3v) is 4.56. The summed E-state index contributed by atoms with van der Waals surface area (Å²) in [7, 11) is -3.72. The van der Waals surface area contributed by atoms with Crippen molar-refractivity contribution in [3.8, 4) is 0 Å². The summed E-state index contributed by atoms with van der Waals surface area (Å²) in [6.07, 6.45) is 0. The van der Waals surface area contributed by atoms with Crippen molar-refractivity contribution in [2.75, 3.05) is 0 Å². The fraction of sp³-hybridized carbons (Fsp3) is 0.167. The zero-order chi connectivity index (χ0) is 15.6. The minimum absolute atomic E-state index is 0.00214. The van der Waals surface area contributed by atoms with Gasteiger partial charge in [-0.15, -0.1) is 0 Å². The number of benzene rings is 1. The lowest BCUT2D eigenvalue weighted by Gasteiger charge is -2.07. The van der Waals surface area contributed by atoms with E-state index in [1.807, 2.05) is 0 Å². The van der Waals surface area contributed by atoms with Crippen molar-refractivity contribution in [2.24, 2.45) is 5.73 Å². The first-order valence-corrected chi connectivity index (χ1v) is 8.08. The van der Waals surface area contributed by atoms with Crippen LogP contribution in [0.5, 0.6) is 0 Å². The van der Waals surface area contributed by atoms with Crippen molar-refractivity contribution in [3.05, 3.63) is 46.3 Å². The normalized spacial score (nSPS) is 11.5. The van der Waals surface area contributed by atoms with Gasteiger partial charge in [-0.1, -0.05) is 29.0 Å². The molecular formula is C12H12ClN3O3S2. The second-order valence-electron chi connectivity index (χ2n) is 4.27. The van der Waals surface area contributed by atoms with Crippen molar-refractivity contribution < 1.29 is 12.9 Å². The van der Waals surface area contributed by atoms with Gasteiger partial charge in [0.05, 0.1) is 22.2 Å². The molecule has 0 aliphatic heterocycles. The monoisotopic (exact) mass is 345 g/mol. The van der Waals surface area contributed by atoms with Gasteiger partial charge >= 0.3 is 0 Å². The first kappa shape index (κ1) is 15.9. The largest absolute Gasteiger partial charge is 0.389 e. The maximum Gasteiger partial charge on any atom is 0.241 e. The van der Waals surface area contributed by atoms with Gasteiger partial charge in [0, 0.05) is 11.6 Å². The molecule has 0 amide bonds. The number of halogens is 1. The number of aromatic nitrogens is 1. The molecule has 0 spiro atoms. The standard InChI is InChI=1S/C12H12ClN3O3S2/c1-7-4-8(19-16-7)6-15-21(17,18)9-2-3-10(12(14)20)11(13)5-9/h2-5,15H,6H2,1H3,(H2,14,20). The summed E-state index contributed by atoms with van der Waals surface area (Å²) in [6, 6.07) is 5.79. The van der Waals surface area contributed by atoms with E-state index in [2.05, 4.69) is 9.88 Å². The lowest BCUT2D eigenvalue weighted by Crippen LogP contribution is -2.23. The third-order valence-electron chi connectivity index (χ3n) is 2.63. The Morgan fingerprint density at radius 2 is 2.19 bits per heavy atom. The Kier molecular flexibility index (Phi) is 4.62. The molecule has 0 bridgehead atoms. The van der Waals surface area contributed by atoms with Crippen LogP contribution in [0.2, 0.25) is 5.02 Å². The highest BCUT2D eigenvalue weighted by atomic mass is 35.5. The number of hydrogen-bond acceptors (Lipinski definition) is 5. The molecule has 1 heterocycles. The van der Waals surface area contributed by atoms with Crippen molar-refractivity contribution >= 4 is 38.8 Å². The minimum Gasteiger partial charge on any atom is -0.389 e. The molecule has 0 saturated heterocycles. The molecule has 3 N–H and O–H groups in total. The number of thiocarbonyl (C=S) groups is 1. The highest BCUT2D eigenvalue weighted by Gasteiger charge is 2.17. The van der Waals surface area contributed by atoms with Gasteiger partial charge in [0.15, 0.2) is 5.76 Å². The molecule has 0 atom stereocenters. The summed E-state index contributed by atoms with van der Waals surface area (Å²) in [6.45, 7) is 1.74. The molecule has 112 valence electrons. The number of aryl methyl sites for hydroxylation is 1. The molecule has 0 saturated carbocycles. The van der Waals surface area contributed by atoms with Gasteiger partial charge in [-0.3, -0.25) is 0 Å². The van der Waals surface area contributed by atoms with Crippen LogP contribution in [-0.4, -0.2) is 18.6 Å². The topological polar surface area (TPSA) is 98.2 Å². The molecule has 0 radical (unpaired) electrons. The second kappa shape index (κ2) is 6.10. The molecule has 0 unspecified atom stereocenters. The van der Waals surface area contributed by atoms with E-state index in [1.165, 1.54) is 18.2 Å². The summed E-state index contributed by atoms with van der Waals surface area (Å²) < 4.78 is 31.6. The zero-order valence-corrected chi connectivity index (χ0v) is 13.3. The Morgan fingerprint density at radius 1 is 1.48 bits per heavy atom. The van der Waals surface area contributed by atoms with Crippen LogP contribution in [0.1, 0.15) is 17.0 Å². The molecule has 1 aromatic heterocycles. The summed E-state index contributed by atoms with van der Waals surface area (Å²) in [4.78, 5) is 0.123. The van der Waals surface area contributed by atoms with Crippen LogP contribution in [0.15, 0.2) is 33.7 Å². The predicted molar refractivity (Wildman–Crippen MR) is 82.6 cm³/mol. The number of nitrogens with one attached hydrogen (secondary N) is 1. The van der Waals surface area contributed by atoms with Crippen LogP contribution in [-0.2, 0) is 16.6 Å². The van der Waals surface area contributed by atoms with Gasteiger partial charge in [-0.25, -0.2) is 13.1 Å². The average Bonchev–Trinajstić information content (AvgIpc) is 2.82. The van der Waals surface area contributed by atoms with Crippen molar-refractivity contribution in [3.63, 3.8) is 0 Å². The Balaban J connectivity index is 2.19. The van der Waals surface area contributed by atoms with Crippen LogP contribution in [0, 0.1) is 6.92 Å². The van der Waals surface area contributed by atoms with Gasteiger partial charge in [0.25, 0.3) is 0 Å². The summed E-state index contributed by atoms with van der Waals surface area (Å²) >= 11 is 10.8. The lowest BCUT2D eigenvalue weighted by atomic mass is 10.2. The highest BCUT2D eigenvalue weighted by Crippen LogP contribution is 2.21. The molecule has 6 nitrogen and oxygen atoms in total. The van der Waals surface area contributed by atoms with E-state index >= 15 is 0 Å². The van der Waals surface area contributed by atoms with Gasteiger partial charge < -0.3 is 10.3 Å². The van der Waals surface area contributed by atoms with Gasteiger partial charge in [-0.05, 0) is 25.1 Å². The lowest BCUT2D eigenvalue weighted by molar-refractivity contribution is 0.377. The van der Waals surface area contributed by atoms with E-state index < -0.39 is 10.0 Å². The number of nitrogens with two attached hydrogens (primary N) is 1. The van der Waals surface area contributed by atoms with E-state index in [0.29, 0.717) is 17.0 Å². The summed E-state index contributed by atoms with van der Waals surface area (Å²) in [5.41, 5.74) is 6.57. The van der Waals surface area contributed by atoms with Gasteiger partial charge in [0.2, 0.25) is 10.0 Å². The van der Waals surface area contributed by atoms with Gasteiger partial charge in [0.1, 0.15) is 4.99 Å². The molecule has 2 aromatic rings. The molecule has 0 aliphatic carbocycles. The van der Waals surface area contributed by atoms with E-state index in [-0.39, 0.29) is 21.5 Å². The van der Waals surface area contributed by atoms with Crippen molar-refractivity contribution in [1.82, 2.24) is 9.88 Å². The Hall–Kier alpha value is -1.48. The van der Waals surface area contributed by atoms with Crippen LogP contribution < -0.4 is 10.5 Å². The van der Waals surface area contributed by atoms with E-state index in [4.69, 9.17) is 34.1 Å². The Labute approximate surface area is 132 Å². The van der Waals surface area contributed by atoms with Gasteiger partial charge in [-0.2, -0.15) is 0 Å². The van der Waals surface area contributed by atoms with Crippen LogP contribution in [0.4, 0.5) is 0 Å². The predicted octanol–water partition coefficient (Wildman–Crippen LogP) is 1.75. The molecule has 2 rings (SSSR count). The van der Waals surface area contributed by atoms with Crippen molar-refractivity contribution in [2.45, 2.75) is 18.4 Å². The zero-order valence-electron chi connectivity index (χ0n) is 11.0. The van der Waals surface area contributed by atoms with Crippen molar-refractivity contribution in [1.29, 1.82) is 0 Å². The van der Waals surface area contributed by atoms with E-state index in [9.17, 15) is 8.42 Å². The fourth-order valence-corrected chi connectivity index (χ4v) is 3.21. The first-order chi connectivity index (χ1) is 9.79. The molecule has 21 heavy (non-hydrogen) atoms. The number of nitrogens with zero attached hydrogens (tertiary/aromatic N) is 1. The second-order valence-corrected chi connectivity index (χ2v) is 6.88.